The van der Waals surface area contributed by atoms with E-state index in [1.165, 1.54) is 11.8 Å². The van der Waals surface area contributed by atoms with Gasteiger partial charge in [-0.1, -0.05) is 55.9 Å². The van der Waals surface area contributed by atoms with Gasteiger partial charge in [0.1, 0.15) is 0 Å². The van der Waals surface area contributed by atoms with E-state index >= 15 is 0 Å². The number of benzene rings is 2. The summed E-state index contributed by atoms with van der Waals surface area (Å²) < 4.78 is 3.67. The molecule has 0 fully saturated rings. The zero-order chi connectivity index (χ0) is 23.4. The molecule has 4 aromatic rings. The van der Waals surface area contributed by atoms with Crippen LogP contribution in [0.3, 0.4) is 0 Å². The topological polar surface area (TPSA) is 80.7 Å². The number of Topliss-reactive ketones (excluding diaryl/α,β-unsaturated/α-hetero) is 1. The van der Waals surface area contributed by atoms with E-state index < -0.39 is 0 Å². The number of hydrogen-bond donors (Lipinski definition) is 0. The second-order valence-corrected chi connectivity index (χ2v) is 9.37. The highest BCUT2D eigenvalue weighted by molar-refractivity contribution is 7.99. The van der Waals surface area contributed by atoms with Crippen LogP contribution in [0.1, 0.15) is 37.0 Å². The normalized spacial score (nSPS) is 11.3. The van der Waals surface area contributed by atoms with E-state index in [1.54, 1.807) is 10.6 Å². The maximum atomic E-state index is 13.2. The first kappa shape index (κ1) is 22.8. The quantitative estimate of drug-likeness (QED) is 0.193. The molecule has 0 aliphatic heterocycles. The third-order valence-electron chi connectivity index (χ3n) is 5.64. The first-order chi connectivity index (χ1) is 16.0. The van der Waals surface area contributed by atoms with Gasteiger partial charge in [0.15, 0.2) is 10.9 Å². The van der Waals surface area contributed by atoms with E-state index in [0.717, 1.165) is 17.3 Å². The van der Waals surface area contributed by atoms with Gasteiger partial charge >= 0.3 is 0 Å². The largest absolute Gasteiger partial charge is 0.346 e. The number of fused-ring (bicyclic) bond motifs is 2. The van der Waals surface area contributed by atoms with Crippen molar-refractivity contribution in [3.63, 3.8) is 0 Å². The van der Waals surface area contributed by atoms with Crippen molar-refractivity contribution in [3.05, 3.63) is 70.6 Å². The summed E-state index contributed by atoms with van der Waals surface area (Å²) in [4.78, 5) is 31.1. The molecule has 0 aliphatic carbocycles. The molecule has 0 bridgehead atoms. The molecule has 0 saturated heterocycles. The Hall–Kier alpha value is -3.37. The van der Waals surface area contributed by atoms with E-state index in [0.29, 0.717) is 47.1 Å². The van der Waals surface area contributed by atoms with Crippen LogP contribution in [0.5, 0.6) is 0 Å². The molecule has 0 amide bonds. The molecule has 2 aromatic heterocycles. The van der Waals surface area contributed by atoms with Crippen LogP contribution in [-0.2, 0) is 13.1 Å². The summed E-state index contributed by atoms with van der Waals surface area (Å²) in [6.07, 6.45) is 3.07. The van der Waals surface area contributed by atoms with Crippen LogP contribution in [0.25, 0.3) is 21.8 Å². The van der Waals surface area contributed by atoms with Gasteiger partial charge in [-0.2, -0.15) is 5.26 Å². The number of nitriles is 1. The van der Waals surface area contributed by atoms with Crippen molar-refractivity contribution in [1.82, 2.24) is 14.1 Å². The van der Waals surface area contributed by atoms with Crippen molar-refractivity contribution in [1.29, 1.82) is 5.26 Å². The van der Waals surface area contributed by atoms with Gasteiger partial charge in [0.05, 0.1) is 29.1 Å². The maximum absolute atomic E-state index is 13.2. The molecule has 0 unspecified atom stereocenters. The fourth-order valence-electron chi connectivity index (χ4n) is 3.87. The molecule has 2 aromatic carbocycles. The molecule has 0 saturated carbocycles. The van der Waals surface area contributed by atoms with Crippen LogP contribution < -0.4 is 5.56 Å². The van der Waals surface area contributed by atoms with Crippen LogP contribution >= 0.6 is 11.8 Å². The van der Waals surface area contributed by atoms with Gasteiger partial charge < -0.3 is 4.57 Å². The van der Waals surface area contributed by atoms with Crippen LogP contribution in [0.4, 0.5) is 0 Å². The summed E-state index contributed by atoms with van der Waals surface area (Å²) in [6.45, 7) is 5.35. The van der Waals surface area contributed by atoms with Crippen molar-refractivity contribution in [2.75, 3.05) is 5.75 Å². The minimum Gasteiger partial charge on any atom is -0.346 e. The Kier molecular flexibility index (Phi) is 6.95. The molecular formula is C26H26N4O2S. The van der Waals surface area contributed by atoms with Crippen molar-refractivity contribution in [3.8, 4) is 6.07 Å². The predicted molar refractivity (Wildman–Crippen MR) is 133 cm³/mol. The Morgan fingerprint density at radius 2 is 1.82 bits per heavy atom. The number of thioether (sulfide) groups is 1. The number of ketones is 1. The lowest BCUT2D eigenvalue weighted by molar-refractivity contribution is 0.102. The Bertz CT molecular complexity index is 1410. The number of aryl methyl sites for hydroxylation is 1. The van der Waals surface area contributed by atoms with E-state index in [2.05, 4.69) is 19.9 Å². The smallest absolute Gasteiger partial charge is 0.262 e. The molecule has 0 radical (unpaired) electrons. The van der Waals surface area contributed by atoms with Crippen LogP contribution in [-0.4, -0.2) is 25.7 Å². The van der Waals surface area contributed by atoms with E-state index in [4.69, 9.17) is 10.2 Å². The average Bonchev–Trinajstić information content (AvgIpc) is 3.19. The van der Waals surface area contributed by atoms with Crippen LogP contribution in [0, 0.1) is 17.2 Å². The van der Waals surface area contributed by atoms with Crippen molar-refractivity contribution < 1.29 is 4.79 Å². The highest BCUT2D eigenvalue weighted by Gasteiger charge is 2.18. The summed E-state index contributed by atoms with van der Waals surface area (Å²) in [5.74, 6) is 0.603. The third-order valence-corrected chi connectivity index (χ3v) is 6.62. The standard InChI is InChI=1S/C26H26N4O2S/c1-18(2)12-15-30-25(32)20-9-3-5-10-22(20)28-26(30)33-17-24(31)21-16-29(14-7-13-27)23-11-6-4-8-19(21)23/h3-6,8-11,16,18H,7,12,14-15,17H2,1-2H3. The first-order valence-corrected chi connectivity index (χ1v) is 12.1. The minimum absolute atomic E-state index is 0.0234. The number of carbonyl (C=O) groups excluding carboxylic acids is 1. The SMILES string of the molecule is CC(C)CCn1c(SCC(=O)c2cn(CCC#N)c3ccccc23)nc2ccccc2c1=O. The van der Waals surface area contributed by atoms with Gasteiger partial charge in [0.25, 0.3) is 5.56 Å². The van der Waals surface area contributed by atoms with E-state index in [-0.39, 0.29) is 17.1 Å². The second kappa shape index (κ2) is 10.1. The van der Waals surface area contributed by atoms with Crippen molar-refractivity contribution in [2.45, 2.75) is 44.9 Å². The molecule has 6 nitrogen and oxygen atoms in total. The highest BCUT2D eigenvalue weighted by Crippen LogP contribution is 2.25. The monoisotopic (exact) mass is 458 g/mol. The number of para-hydroxylation sites is 2. The minimum atomic E-state index is -0.0655. The van der Waals surface area contributed by atoms with Crippen LogP contribution in [0.2, 0.25) is 0 Å². The van der Waals surface area contributed by atoms with Gasteiger partial charge in [-0.3, -0.25) is 14.2 Å². The zero-order valence-electron chi connectivity index (χ0n) is 18.8. The Labute approximate surface area is 196 Å². The number of carbonyl (C=O) groups is 1. The van der Waals surface area contributed by atoms with Crippen molar-refractivity contribution >= 4 is 39.4 Å². The lowest BCUT2D eigenvalue weighted by Gasteiger charge is -2.14. The lowest BCUT2D eigenvalue weighted by atomic mass is 10.1. The highest BCUT2D eigenvalue weighted by atomic mass is 32.2. The van der Waals surface area contributed by atoms with Gasteiger partial charge in [-0.15, -0.1) is 0 Å². The van der Waals surface area contributed by atoms with Gasteiger partial charge in [0.2, 0.25) is 0 Å². The Morgan fingerprint density at radius 3 is 2.58 bits per heavy atom. The molecule has 4 rings (SSSR count). The fourth-order valence-corrected chi connectivity index (χ4v) is 4.78. The zero-order valence-corrected chi connectivity index (χ0v) is 19.6. The third kappa shape index (κ3) is 4.86. The molecule has 168 valence electrons. The lowest BCUT2D eigenvalue weighted by Crippen LogP contribution is -2.24. The summed E-state index contributed by atoms with van der Waals surface area (Å²) in [6, 6.07) is 17.2. The molecule has 2 heterocycles. The van der Waals surface area contributed by atoms with Gasteiger partial charge in [-0.05, 0) is 30.5 Å². The van der Waals surface area contributed by atoms with Crippen molar-refractivity contribution in [2.24, 2.45) is 5.92 Å². The molecule has 0 spiro atoms. The number of nitrogens with zero attached hydrogens (tertiary/aromatic N) is 4. The average molecular weight is 459 g/mol. The van der Waals surface area contributed by atoms with E-state index in [1.807, 2.05) is 53.2 Å². The van der Waals surface area contributed by atoms with Gasteiger partial charge in [-0.25, -0.2) is 4.98 Å². The van der Waals surface area contributed by atoms with E-state index in [9.17, 15) is 9.59 Å². The number of aromatic nitrogens is 3. The summed E-state index contributed by atoms with van der Waals surface area (Å²) in [5.41, 5.74) is 2.15. The Balaban J connectivity index is 1.65. The maximum Gasteiger partial charge on any atom is 0.262 e. The molecular weight excluding hydrogens is 432 g/mol. The Morgan fingerprint density at radius 1 is 1.09 bits per heavy atom. The fraction of sp³-hybridized carbons (Fsp3) is 0.308. The molecule has 7 heteroatoms. The second-order valence-electron chi connectivity index (χ2n) is 8.42. The molecule has 33 heavy (non-hydrogen) atoms. The summed E-state index contributed by atoms with van der Waals surface area (Å²) >= 11 is 1.31. The van der Waals surface area contributed by atoms with Gasteiger partial charge in [0, 0.05) is 35.8 Å². The molecule has 0 N–H and O–H groups in total. The summed E-state index contributed by atoms with van der Waals surface area (Å²) in [7, 11) is 0. The number of hydrogen-bond acceptors (Lipinski definition) is 5. The van der Waals surface area contributed by atoms with Crippen LogP contribution in [0.15, 0.2) is 64.7 Å². The summed E-state index contributed by atoms with van der Waals surface area (Å²) in [5, 5.41) is 11.0. The molecule has 0 aliphatic rings. The predicted octanol–water partition coefficient (Wildman–Crippen LogP) is 5.29. The first-order valence-electron chi connectivity index (χ1n) is 11.1. The molecule has 0 atom stereocenters. The number of rotatable bonds is 9.